The summed E-state index contributed by atoms with van der Waals surface area (Å²) in [6.45, 7) is 1.15. The van der Waals surface area contributed by atoms with E-state index in [9.17, 15) is 0 Å². The van der Waals surface area contributed by atoms with E-state index in [1.807, 2.05) is 6.07 Å². The van der Waals surface area contributed by atoms with Gasteiger partial charge in [0.15, 0.2) is 24.8 Å². The van der Waals surface area contributed by atoms with E-state index in [-0.39, 0.29) is 0 Å². The van der Waals surface area contributed by atoms with Gasteiger partial charge in [-0.1, -0.05) is 43.9 Å². The molecular weight excluding hydrogens is 304 g/mol. The quantitative estimate of drug-likeness (QED) is 0.609. The minimum atomic E-state index is 0.953. The summed E-state index contributed by atoms with van der Waals surface area (Å²) in [6, 6.07) is 19.3. The molecule has 0 saturated heterocycles. The molecule has 2 aromatic heterocycles. The molecule has 0 N–H and O–H groups in total. The standard InChI is InChI=1S/C23H26N2/c1-2-8-23(9-3-1)25-18-13-22(14-19-25)21-11-16-24(17-12-21)15-10-20-6-4-5-7-20/h1-3,8-9,11-14,16-20H,4-7,10,15H2/q+2. The van der Waals surface area contributed by atoms with Gasteiger partial charge in [0.05, 0.1) is 0 Å². The van der Waals surface area contributed by atoms with Crippen LogP contribution >= 0.6 is 0 Å². The molecule has 3 aromatic rings. The van der Waals surface area contributed by atoms with Gasteiger partial charge in [-0.25, -0.2) is 4.57 Å². The first-order valence-corrected chi connectivity index (χ1v) is 9.45. The number of pyridine rings is 2. The van der Waals surface area contributed by atoms with Crippen LogP contribution in [0.5, 0.6) is 0 Å². The van der Waals surface area contributed by atoms with E-state index < -0.39 is 0 Å². The molecule has 2 heteroatoms. The number of aromatic nitrogens is 2. The van der Waals surface area contributed by atoms with Crippen LogP contribution in [0.2, 0.25) is 0 Å². The first-order chi connectivity index (χ1) is 12.4. The summed E-state index contributed by atoms with van der Waals surface area (Å²) in [4.78, 5) is 0. The molecule has 1 aliphatic rings. The SMILES string of the molecule is c1ccc(-[n+]2ccc(-c3cc[n+](CCC4CCCC4)cc3)cc2)cc1. The smallest absolute Gasteiger partial charge is 0.205 e. The number of hydrogen-bond acceptors (Lipinski definition) is 0. The third kappa shape index (κ3) is 3.96. The van der Waals surface area contributed by atoms with Crippen LogP contribution in [-0.4, -0.2) is 0 Å². The molecule has 1 aliphatic carbocycles. The largest absolute Gasteiger partial charge is 0.210 e. The monoisotopic (exact) mass is 330 g/mol. The number of hydrogen-bond donors (Lipinski definition) is 0. The van der Waals surface area contributed by atoms with Gasteiger partial charge in [-0.05, 0) is 17.0 Å². The van der Waals surface area contributed by atoms with Crippen molar-refractivity contribution >= 4 is 0 Å². The van der Waals surface area contributed by atoms with E-state index in [4.69, 9.17) is 0 Å². The summed E-state index contributed by atoms with van der Waals surface area (Å²) < 4.78 is 4.48. The van der Waals surface area contributed by atoms with Gasteiger partial charge in [0.1, 0.15) is 6.54 Å². The number of rotatable bonds is 5. The first-order valence-electron chi connectivity index (χ1n) is 9.45. The van der Waals surface area contributed by atoms with Crippen molar-refractivity contribution in [2.45, 2.75) is 38.6 Å². The minimum Gasteiger partial charge on any atom is -0.205 e. The highest BCUT2D eigenvalue weighted by Crippen LogP contribution is 2.27. The van der Waals surface area contributed by atoms with E-state index in [0.29, 0.717) is 0 Å². The van der Waals surface area contributed by atoms with Crippen molar-refractivity contribution in [1.29, 1.82) is 0 Å². The fourth-order valence-corrected chi connectivity index (χ4v) is 3.82. The average Bonchev–Trinajstić information content (AvgIpc) is 3.21. The van der Waals surface area contributed by atoms with Crippen LogP contribution < -0.4 is 9.13 Å². The molecule has 0 spiro atoms. The van der Waals surface area contributed by atoms with Crippen LogP contribution in [0.3, 0.4) is 0 Å². The van der Waals surface area contributed by atoms with Gasteiger partial charge in [0.2, 0.25) is 5.69 Å². The van der Waals surface area contributed by atoms with Gasteiger partial charge in [0.25, 0.3) is 0 Å². The second-order valence-corrected chi connectivity index (χ2v) is 7.09. The average molecular weight is 330 g/mol. The van der Waals surface area contributed by atoms with Crippen molar-refractivity contribution < 1.29 is 9.13 Å². The normalized spacial score (nSPS) is 14.7. The predicted molar refractivity (Wildman–Crippen MR) is 100 cm³/mol. The van der Waals surface area contributed by atoms with Crippen LogP contribution in [0.15, 0.2) is 79.4 Å². The molecular formula is C23H26N2+2. The van der Waals surface area contributed by atoms with Crippen LogP contribution in [0.1, 0.15) is 32.1 Å². The molecule has 1 aromatic carbocycles. The molecule has 0 radical (unpaired) electrons. The molecule has 2 nitrogen and oxygen atoms in total. The van der Waals surface area contributed by atoms with Gasteiger partial charge in [-0.2, -0.15) is 4.57 Å². The Morgan fingerprint density at radius 2 is 1.32 bits per heavy atom. The first kappa shape index (κ1) is 16.0. The molecule has 2 heterocycles. The number of para-hydroxylation sites is 1. The Morgan fingerprint density at radius 1 is 0.720 bits per heavy atom. The number of benzene rings is 1. The lowest BCUT2D eigenvalue weighted by Gasteiger charge is -2.06. The van der Waals surface area contributed by atoms with Gasteiger partial charge in [0, 0.05) is 42.8 Å². The Bertz CT molecular complexity index is 786. The zero-order valence-corrected chi connectivity index (χ0v) is 14.7. The molecule has 1 fully saturated rings. The van der Waals surface area contributed by atoms with Crippen molar-refractivity contribution in [2.75, 3.05) is 0 Å². The van der Waals surface area contributed by atoms with Gasteiger partial charge >= 0.3 is 0 Å². The van der Waals surface area contributed by atoms with E-state index in [2.05, 4.69) is 82.5 Å². The third-order valence-corrected chi connectivity index (χ3v) is 5.38. The maximum atomic E-state index is 2.33. The zero-order valence-electron chi connectivity index (χ0n) is 14.7. The Morgan fingerprint density at radius 3 is 1.96 bits per heavy atom. The van der Waals surface area contributed by atoms with E-state index >= 15 is 0 Å². The van der Waals surface area contributed by atoms with E-state index in [0.717, 1.165) is 12.5 Å². The molecule has 0 aliphatic heterocycles. The van der Waals surface area contributed by atoms with Crippen LogP contribution in [0, 0.1) is 5.92 Å². The molecule has 0 unspecified atom stereocenters. The topological polar surface area (TPSA) is 7.76 Å². The van der Waals surface area contributed by atoms with Crippen LogP contribution in [0.4, 0.5) is 0 Å². The molecule has 1 saturated carbocycles. The lowest BCUT2D eigenvalue weighted by atomic mass is 10.0. The molecule has 0 amide bonds. The Balaban J connectivity index is 1.43. The molecule has 0 bridgehead atoms. The summed E-state index contributed by atoms with van der Waals surface area (Å²) in [5, 5.41) is 0. The Labute approximate surface area is 150 Å². The Kier molecular flexibility index (Phi) is 4.87. The summed E-state index contributed by atoms with van der Waals surface area (Å²) in [5.41, 5.74) is 3.72. The zero-order chi connectivity index (χ0) is 16.9. The van der Waals surface area contributed by atoms with Crippen molar-refractivity contribution in [3.8, 4) is 16.8 Å². The maximum Gasteiger partial charge on any atom is 0.210 e. The fourth-order valence-electron chi connectivity index (χ4n) is 3.82. The maximum absolute atomic E-state index is 2.33. The van der Waals surface area contributed by atoms with Crippen LogP contribution in [-0.2, 0) is 6.54 Å². The Hall–Kier alpha value is -2.48. The minimum absolute atomic E-state index is 0.953. The van der Waals surface area contributed by atoms with Crippen LogP contribution in [0.25, 0.3) is 16.8 Å². The van der Waals surface area contributed by atoms with E-state index in [1.54, 1.807) is 0 Å². The second kappa shape index (κ2) is 7.60. The lowest BCUT2D eigenvalue weighted by molar-refractivity contribution is -0.698. The number of nitrogens with zero attached hydrogens (tertiary/aromatic N) is 2. The summed E-state index contributed by atoms with van der Waals surface area (Å²) >= 11 is 0. The summed E-state index contributed by atoms with van der Waals surface area (Å²) in [6.07, 6.45) is 15.8. The highest BCUT2D eigenvalue weighted by molar-refractivity contribution is 5.61. The van der Waals surface area contributed by atoms with Crippen molar-refractivity contribution in [3.05, 3.63) is 79.4 Å². The van der Waals surface area contributed by atoms with Gasteiger partial charge in [-0.3, -0.25) is 0 Å². The highest BCUT2D eigenvalue weighted by atomic mass is 14.9. The predicted octanol–water partition coefficient (Wildman–Crippen LogP) is 4.50. The molecule has 126 valence electrons. The van der Waals surface area contributed by atoms with Crippen molar-refractivity contribution in [3.63, 3.8) is 0 Å². The fraction of sp³-hybridized carbons (Fsp3) is 0.304. The van der Waals surface area contributed by atoms with E-state index in [1.165, 1.54) is 48.9 Å². The summed E-state index contributed by atoms with van der Waals surface area (Å²) in [7, 11) is 0. The lowest BCUT2D eigenvalue weighted by Crippen LogP contribution is -2.33. The number of aryl methyl sites for hydroxylation is 1. The second-order valence-electron chi connectivity index (χ2n) is 7.09. The van der Waals surface area contributed by atoms with Crippen molar-refractivity contribution in [1.82, 2.24) is 0 Å². The molecule has 4 rings (SSSR count). The highest BCUT2D eigenvalue weighted by Gasteiger charge is 2.16. The summed E-state index contributed by atoms with van der Waals surface area (Å²) in [5.74, 6) is 0.953. The third-order valence-electron chi connectivity index (χ3n) is 5.38. The molecule has 25 heavy (non-hydrogen) atoms. The van der Waals surface area contributed by atoms with Crippen molar-refractivity contribution in [2.24, 2.45) is 5.92 Å². The van der Waals surface area contributed by atoms with Gasteiger partial charge < -0.3 is 0 Å². The van der Waals surface area contributed by atoms with Gasteiger partial charge in [-0.15, -0.1) is 0 Å². The molecule has 0 atom stereocenters.